The molecule has 6 nitrogen and oxygen atoms in total. The van der Waals surface area contributed by atoms with E-state index in [-0.39, 0.29) is 18.6 Å². The highest BCUT2D eigenvalue weighted by Gasteiger charge is 2.29. The van der Waals surface area contributed by atoms with E-state index in [1.54, 1.807) is 23.1 Å². The van der Waals surface area contributed by atoms with Crippen molar-refractivity contribution in [1.29, 1.82) is 0 Å². The minimum Gasteiger partial charge on any atom is -0.370 e. The summed E-state index contributed by atoms with van der Waals surface area (Å²) in [5.41, 5.74) is 1.36. The van der Waals surface area contributed by atoms with Crippen molar-refractivity contribution in [2.24, 2.45) is 0 Å². The van der Waals surface area contributed by atoms with Gasteiger partial charge in [0, 0.05) is 11.6 Å². The van der Waals surface area contributed by atoms with Gasteiger partial charge >= 0.3 is 0 Å². The Morgan fingerprint density at radius 2 is 1.96 bits per heavy atom. The molecule has 0 saturated carbocycles. The molecule has 0 bridgehead atoms. The highest BCUT2D eigenvalue weighted by atomic mass is 35.5. The molecule has 0 unspecified atom stereocenters. The van der Waals surface area contributed by atoms with Gasteiger partial charge in [0.25, 0.3) is 0 Å². The number of amides is 1. The molecule has 2 aromatic carbocycles. The number of nitrogens with zero attached hydrogens (tertiary/aromatic N) is 2. The van der Waals surface area contributed by atoms with E-state index in [1.807, 2.05) is 30.3 Å². The molecule has 1 saturated heterocycles. The number of morpholine rings is 1. The van der Waals surface area contributed by atoms with Crippen LogP contribution in [0.15, 0.2) is 54.6 Å². The third-order valence-corrected chi connectivity index (χ3v) is 5.74. The summed E-state index contributed by atoms with van der Waals surface area (Å²) < 4.78 is 31.3. The Kier molecular flexibility index (Phi) is 6.04. The van der Waals surface area contributed by atoms with Gasteiger partial charge in [0.1, 0.15) is 12.6 Å². The molecular formula is C19H21ClN2O4S. The maximum absolute atomic E-state index is 12.8. The first-order valence-corrected chi connectivity index (χ1v) is 10.7. The number of hydrogen-bond donors (Lipinski definition) is 0. The van der Waals surface area contributed by atoms with Crippen molar-refractivity contribution in [1.82, 2.24) is 4.90 Å². The van der Waals surface area contributed by atoms with Crippen molar-refractivity contribution < 1.29 is 17.9 Å². The standard InChI is InChI=1S/C19H21ClN2O4S/c1-27(24,25)22(17-9-5-8-16(20)12-17)14-19(23)21-10-11-26-18(13-21)15-6-3-2-4-7-15/h2-9,12,18H,10-11,13-14H2,1H3/t18-/m0/s1. The average molecular weight is 409 g/mol. The Labute approximate surface area is 164 Å². The van der Waals surface area contributed by atoms with E-state index in [0.717, 1.165) is 16.1 Å². The van der Waals surface area contributed by atoms with Gasteiger partial charge in [-0.25, -0.2) is 8.42 Å². The predicted molar refractivity (Wildman–Crippen MR) is 105 cm³/mol. The molecule has 27 heavy (non-hydrogen) atoms. The molecule has 0 aliphatic carbocycles. The van der Waals surface area contributed by atoms with E-state index >= 15 is 0 Å². The molecule has 3 rings (SSSR count). The molecule has 1 atom stereocenters. The lowest BCUT2D eigenvalue weighted by Crippen LogP contribution is -2.47. The zero-order valence-electron chi connectivity index (χ0n) is 14.9. The van der Waals surface area contributed by atoms with Crippen LogP contribution in [0.1, 0.15) is 11.7 Å². The van der Waals surface area contributed by atoms with Crippen LogP contribution >= 0.6 is 11.6 Å². The summed E-state index contributed by atoms with van der Waals surface area (Å²) in [5.74, 6) is -0.273. The topological polar surface area (TPSA) is 66.9 Å². The summed E-state index contributed by atoms with van der Waals surface area (Å²) >= 11 is 5.98. The van der Waals surface area contributed by atoms with Crippen LogP contribution in [-0.4, -0.2) is 51.7 Å². The zero-order chi connectivity index (χ0) is 19.4. The first-order valence-electron chi connectivity index (χ1n) is 8.52. The fraction of sp³-hybridized carbons (Fsp3) is 0.316. The maximum atomic E-state index is 12.8. The van der Waals surface area contributed by atoms with Gasteiger partial charge in [0.05, 0.1) is 25.1 Å². The molecule has 1 aliphatic rings. The van der Waals surface area contributed by atoms with E-state index in [1.165, 1.54) is 6.07 Å². The van der Waals surface area contributed by atoms with Crippen molar-refractivity contribution in [3.8, 4) is 0 Å². The fourth-order valence-corrected chi connectivity index (χ4v) is 4.03. The second kappa shape index (κ2) is 8.29. The minimum absolute atomic E-state index is 0.221. The quantitative estimate of drug-likeness (QED) is 0.762. The number of ether oxygens (including phenoxy) is 1. The monoisotopic (exact) mass is 408 g/mol. The van der Waals surface area contributed by atoms with Crippen LogP contribution < -0.4 is 4.31 Å². The van der Waals surface area contributed by atoms with Gasteiger partial charge in [-0.05, 0) is 23.8 Å². The molecule has 8 heteroatoms. The van der Waals surface area contributed by atoms with Crippen LogP contribution in [0, 0.1) is 0 Å². The molecule has 2 aromatic rings. The van der Waals surface area contributed by atoms with Gasteiger partial charge in [0.15, 0.2) is 0 Å². The molecule has 0 radical (unpaired) electrons. The molecule has 0 aromatic heterocycles. The van der Waals surface area contributed by atoms with Crippen molar-refractivity contribution in [3.63, 3.8) is 0 Å². The molecule has 1 fully saturated rings. The van der Waals surface area contributed by atoms with Gasteiger partial charge in [-0.15, -0.1) is 0 Å². The zero-order valence-corrected chi connectivity index (χ0v) is 16.5. The van der Waals surface area contributed by atoms with Crippen LogP contribution in [0.2, 0.25) is 5.02 Å². The van der Waals surface area contributed by atoms with Gasteiger partial charge in [-0.2, -0.15) is 0 Å². The van der Waals surface area contributed by atoms with Crippen LogP contribution in [0.4, 0.5) is 5.69 Å². The summed E-state index contributed by atoms with van der Waals surface area (Å²) in [6.45, 7) is 0.938. The second-order valence-electron chi connectivity index (χ2n) is 6.36. The van der Waals surface area contributed by atoms with Crippen LogP contribution in [0.3, 0.4) is 0 Å². The maximum Gasteiger partial charge on any atom is 0.243 e. The number of benzene rings is 2. The second-order valence-corrected chi connectivity index (χ2v) is 8.70. The lowest BCUT2D eigenvalue weighted by molar-refractivity contribution is -0.137. The number of anilines is 1. The predicted octanol–water partition coefficient (Wildman–Crippen LogP) is 2.71. The van der Waals surface area contributed by atoms with Crippen molar-refractivity contribution in [3.05, 3.63) is 65.2 Å². The summed E-state index contributed by atoms with van der Waals surface area (Å²) in [7, 11) is -3.64. The molecule has 0 spiro atoms. The van der Waals surface area contributed by atoms with E-state index in [2.05, 4.69) is 0 Å². The Hall–Kier alpha value is -2.09. The van der Waals surface area contributed by atoms with Crippen molar-refractivity contribution >= 4 is 33.2 Å². The molecule has 1 amide bonds. The Morgan fingerprint density at radius 3 is 2.63 bits per heavy atom. The van der Waals surface area contributed by atoms with E-state index in [9.17, 15) is 13.2 Å². The minimum atomic E-state index is -3.64. The Bertz CT molecular complexity index is 905. The first-order chi connectivity index (χ1) is 12.8. The highest BCUT2D eigenvalue weighted by Crippen LogP contribution is 2.24. The number of rotatable bonds is 5. The lowest BCUT2D eigenvalue weighted by atomic mass is 10.1. The van der Waals surface area contributed by atoms with Gasteiger partial charge < -0.3 is 9.64 Å². The number of hydrogen-bond acceptors (Lipinski definition) is 4. The van der Waals surface area contributed by atoms with Crippen LogP contribution in [0.5, 0.6) is 0 Å². The number of sulfonamides is 1. The molecular weight excluding hydrogens is 388 g/mol. The summed E-state index contributed by atoms with van der Waals surface area (Å²) in [4.78, 5) is 14.5. The Balaban J connectivity index is 1.75. The van der Waals surface area contributed by atoms with Gasteiger partial charge in [0.2, 0.25) is 15.9 Å². The summed E-state index contributed by atoms with van der Waals surface area (Å²) in [6.07, 6.45) is 0.856. The number of carbonyl (C=O) groups is 1. The number of halogens is 1. The number of carbonyl (C=O) groups excluding carboxylic acids is 1. The van der Waals surface area contributed by atoms with E-state index < -0.39 is 10.0 Å². The largest absolute Gasteiger partial charge is 0.370 e. The van der Waals surface area contributed by atoms with Crippen LogP contribution in [0.25, 0.3) is 0 Å². The lowest BCUT2D eigenvalue weighted by Gasteiger charge is -2.34. The van der Waals surface area contributed by atoms with E-state index in [4.69, 9.17) is 16.3 Å². The fourth-order valence-electron chi connectivity index (χ4n) is 3.00. The van der Waals surface area contributed by atoms with Gasteiger partial charge in [-0.3, -0.25) is 9.10 Å². The summed E-state index contributed by atoms with van der Waals surface area (Å²) in [6, 6.07) is 16.1. The first kappa shape index (κ1) is 19.7. The molecule has 1 aliphatic heterocycles. The van der Waals surface area contributed by atoms with E-state index in [0.29, 0.717) is 30.4 Å². The smallest absolute Gasteiger partial charge is 0.243 e. The average Bonchev–Trinajstić information content (AvgIpc) is 2.66. The molecule has 1 heterocycles. The highest BCUT2D eigenvalue weighted by molar-refractivity contribution is 7.92. The van der Waals surface area contributed by atoms with Crippen molar-refractivity contribution in [2.45, 2.75) is 6.10 Å². The van der Waals surface area contributed by atoms with Crippen molar-refractivity contribution in [2.75, 3.05) is 36.8 Å². The Morgan fingerprint density at radius 1 is 1.22 bits per heavy atom. The third kappa shape index (κ3) is 5.00. The normalized spacial score (nSPS) is 17.6. The molecule has 144 valence electrons. The summed E-state index contributed by atoms with van der Waals surface area (Å²) in [5, 5.41) is 0.407. The molecule has 0 N–H and O–H groups in total. The van der Waals surface area contributed by atoms with Gasteiger partial charge in [-0.1, -0.05) is 48.0 Å². The SMILES string of the molecule is CS(=O)(=O)N(CC(=O)N1CCO[C@H](c2ccccc2)C1)c1cccc(Cl)c1. The third-order valence-electron chi connectivity index (χ3n) is 4.37. The van der Waals surface area contributed by atoms with Crippen LogP contribution in [-0.2, 0) is 19.6 Å².